The van der Waals surface area contributed by atoms with Gasteiger partial charge in [0, 0.05) is 21.9 Å². The maximum Gasteiger partial charge on any atom is 0.307 e. The fraction of sp³-hybridized carbons (Fsp3) is 0.750. The number of benzene rings is 1. The van der Waals surface area contributed by atoms with Crippen molar-refractivity contribution in [1.29, 1.82) is 0 Å². The van der Waals surface area contributed by atoms with Crippen molar-refractivity contribution in [2.24, 2.45) is 68.3 Å². The van der Waals surface area contributed by atoms with Gasteiger partial charge >= 0.3 is 5.97 Å². The van der Waals surface area contributed by atoms with Crippen LogP contribution in [0.5, 0.6) is 0 Å². The first kappa shape index (κ1) is 37.8. The Labute approximate surface area is 312 Å². The Bertz CT molecular complexity index is 1690. The lowest BCUT2D eigenvalue weighted by Crippen LogP contribution is -2.69. The zero-order valence-corrected chi connectivity index (χ0v) is 33.6. The molecule has 0 spiro atoms. The Hall–Kier alpha value is -2.55. The zero-order chi connectivity index (χ0) is 37.6. The Morgan fingerprint density at radius 3 is 2.42 bits per heavy atom. The Balaban J connectivity index is 1.35. The van der Waals surface area contributed by atoms with Gasteiger partial charge in [-0.25, -0.2) is 9.67 Å². The molecule has 0 radical (unpaired) electrons. The number of allylic oxidation sites excluding steroid dienone is 1. The van der Waals surface area contributed by atoms with E-state index in [2.05, 4.69) is 104 Å². The highest BCUT2D eigenvalue weighted by molar-refractivity contribution is 5.73. The molecule has 7 rings (SSSR count). The molecular weight excluding hydrogens is 649 g/mol. The predicted molar refractivity (Wildman–Crippen MR) is 205 cm³/mol. The van der Waals surface area contributed by atoms with Crippen molar-refractivity contribution < 1.29 is 19.4 Å². The van der Waals surface area contributed by atoms with Crippen LogP contribution < -0.4 is 5.73 Å². The first-order chi connectivity index (χ1) is 24.4. The minimum Gasteiger partial charge on any atom is -0.481 e. The van der Waals surface area contributed by atoms with Crippen LogP contribution >= 0.6 is 0 Å². The van der Waals surface area contributed by atoms with E-state index in [1.54, 1.807) is 6.33 Å². The monoisotopic (exact) mass is 715 g/mol. The molecule has 2 aromatic rings. The van der Waals surface area contributed by atoms with Crippen LogP contribution in [0.25, 0.3) is 11.4 Å². The van der Waals surface area contributed by atoms with E-state index in [1.807, 2.05) is 6.07 Å². The number of hydrogen-bond acceptors (Lipinski definition) is 6. The number of aliphatic carboxylic acids is 1. The standard InChI is InChI=1S/C44H66N4O4/c1-27(2)29(5)39(6)20-21-41(8)31-16-17-34-40(7)23-51-25-44(34,32(31)18-19-42(41,9)35(39)38(49)50)22-33(36(40)52-24-43(10,45)28(3)4)48-37(46-26-47-48)30-14-12-11-13-15-30/h11-15,18,26-29,31,33-36H,16-17,19-25,45H2,1-10H3,(H,49,50)/t29-,31+,33-,34+,35-,36+,39-,40+,41-,42+,43+,44+/m1/s1. The van der Waals surface area contributed by atoms with E-state index in [9.17, 15) is 9.90 Å². The molecule has 3 N–H and O–H groups in total. The fourth-order valence-corrected chi connectivity index (χ4v) is 12.8. The summed E-state index contributed by atoms with van der Waals surface area (Å²) < 4.78 is 16.1. The second-order valence-electron chi connectivity index (χ2n) is 19.9. The van der Waals surface area contributed by atoms with E-state index < -0.39 is 17.4 Å². The summed E-state index contributed by atoms with van der Waals surface area (Å²) in [6.45, 7) is 24.5. The van der Waals surface area contributed by atoms with Gasteiger partial charge in [0.05, 0.1) is 37.9 Å². The second-order valence-corrected chi connectivity index (χ2v) is 19.9. The van der Waals surface area contributed by atoms with Crippen LogP contribution in [0.15, 0.2) is 48.3 Å². The van der Waals surface area contributed by atoms with Crippen molar-refractivity contribution in [3.8, 4) is 11.4 Å². The molecule has 1 aromatic heterocycles. The largest absolute Gasteiger partial charge is 0.481 e. The van der Waals surface area contributed by atoms with E-state index in [4.69, 9.17) is 25.3 Å². The van der Waals surface area contributed by atoms with Gasteiger partial charge in [0.1, 0.15) is 6.33 Å². The third-order valence-corrected chi connectivity index (χ3v) is 16.9. The molecular formula is C44H66N4O4. The van der Waals surface area contributed by atoms with Gasteiger partial charge in [-0.3, -0.25) is 4.79 Å². The highest BCUT2D eigenvalue weighted by Crippen LogP contribution is 2.75. The molecule has 4 aliphatic carbocycles. The highest BCUT2D eigenvalue weighted by Gasteiger charge is 2.72. The normalized spacial score (nSPS) is 41.7. The number of rotatable bonds is 9. The van der Waals surface area contributed by atoms with Gasteiger partial charge < -0.3 is 20.3 Å². The van der Waals surface area contributed by atoms with Crippen molar-refractivity contribution in [1.82, 2.24) is 14.8 Å². The maximum atomic E-state index is 13.6. The second kappa shape index (κ2) is 12.8. The molecule has 0 amide bonds. The number of carboxylic acid groups (broad SMARTS) is 1. The lowest BCUT2D eigenvalue weighted by Gasteiger charge is -2.71. The van der Waals surface area contributed by atoms with Crippen LogP contribution in [0.1, 0.15) is 114 Å². The van der Waals surface area contributed by atoms with Gasteiger partial charge in [0.25, 0.3) is 0 Å². The molecule has 8 heteroatoms. The van der Waals surface area contributed by atoms with E-state index in [0.717, 1.165) is 49.9 Å². The van der Waals surface area contributed by atoms with Crippen LogP contribution in [0.3, 0.4) is 0 Å². The molecule has 2 bridgehead atoms. The smallest absolute Gasteiger partial charge is 0.307 e. The first-order valence-corrected chi connectivity index (χ1v) is 20.2. The molecule has 4 fully saturated rings. The van der Waals surface area contributed by atoms with Gasteiger partial charge in [-0.2, -0.15) is 5.10 Å². The van der Waals surface area contributed by atoms with E-state index in [0.29, 0.717) is 43.5 Å². The van der Waals surface area contributed by atoms with Crippen molar-refractivity contribution in [3.63, 3.8) is 0 Å². The molecule has 3 saturated carbocycles. The van der Waals surface area contributed by atoms with Gasteiger partial charge in [0.2, 0.25) is 0 Å². The van der Waals surface area contributed by atoms with E-state index >= 15 is 0 Å². The highest BCUT2D eigenvalue weighted by atomic mass is 16.5. The Kier molecular flexibility index (Phi) is 9.27. The molecule has 12 atom stereocenters. The number of carboxylic acids is 1. The summed E-state index contributed by atoms with van der Waals surface area (Å²) >= 11 is 0. The summed E-state index contributed by atoms with van der Waals surface area (Å²) in [5.74, 6) is 1.47. The van der Waals surface area contributed by atoms with Crippen molar-refractivity contribution in [2.75, 3.05) is 19.8 Å². The molecule has 5 aliphatic rings. The summed E-state index contributed by atoms with van der Waals surface area (Å²) in [6.07, 6.45) is 9.79. The third kappa shape index (κ3) is 5.26. The summed E-state index contributed by atoms with van der Waals surface area (Å²) in [5, 5.41) is 16.1. The molecule has 1 aliphatic heterocycles. The third-order valence-electron chi connectivity index (χ3n) is 16.9. The molecule has 8 nitrogen and oxygen atoms in total. The summed E-state index contributed by atoms with van der Waals surface area (Å²) in [6, 6.07) is 10.3. The molecule has 1 aromatic carbocycles. The summed E-state index contributed by atoms with van der Waals surface area (Å²) in [5.41, 5.74) is 7.69. The SMILES string of the molecule is CC(C)[C@@H](C)[C@@]1(C)CC[C@]2(C)[C@H]3CC[C@@H]4[C@@]5(COC[C@]4(C)[C@@H](OC[C@](C)(N)C(C)C)[C@H](n4ncnc4-c4ccccc4)C5)C3=CC[C@@]2(C)[C@@H]1C(=O)O. The van der Waals surface area contributed by atoms with Crippen molar-refractivity contribution in [3.05, 3.63) is 48.3 Å². The van der Waals surface area contributed by atoms with Crippen molar-refractivity contribution in [2.45, 2.75) is 125 Å². The number of ether oxygens (including phenoxy) is 2. The van der Waals surface area contributed by atoms with E-state index in [1.165, 1.54) is 5.57 Å². The number of carbonyl (C=O) groups is 1. The Morgan fingerprint density at radius 2 is 1.77 bits per heavy atom. The van der Waals surface area contributed by atoms with Gasteiger partial charge in [-0.05, 0) is 91.3 Å². The first-order valence-electron chi connectivity index (χ1n) is 20.2. The Morgan fingerprint density at radius 1 is 1.06 bits per heavy atom. The molecule has 0 unspecified atom stereocenters. The number of fused-ring (bicyclic) bond motifs is 3. The van der Waals surface area contributed by atoms with E-state index in [-0.39, 0.29) is 45.1 Å². The predicted octanol–water partition coefficient (Wildman–Crippen LogP) is 8.83. The number of hydrogen-bond donors (Lipinski definition) is 2. The lowest BCUT2D eigenvalue weighted by molar-refractivity contribution is -0.252. The van der Waals surface area contributed by atoms with Crippen molar-refractivity contribution >= 4 is 5.97 Å². The average Bonchev–Trinajstić information content (AvgIpc) is 3.58. The minimum absolute atomic E-state index is 0.0834. The van der Waals surface area contributed by atoms with Crippen LogP contribution in [0.2, 0.25) is 0 Å². The quantitative estimate of drug-likeness (QED) is 0.250. The number of aromatic nitrogens is 3. The fourth-order valence-electron chi connectivity index (χ4n) is 12.8. The van der Waals surface area contributed by atoms with Crippen LogP contribution in [0, 0.1) is 62.6 Å². The van der Waals surface area contributed by atoms with Gasteiger partial charge in [-0.1, -0.05) is 104 Å². The van der Waals surface area contributed by atoms with Gasteiger partial charge in [0.15, 0.2) is 5.82 Å². The zero-order valence-electron chi connectivity index (χ0n) is 33.6. The minimum atomic E-state index is -0.619. The van der Waals surface area contributed by atoms with Crippen LogP contribution in [-0.4, -0.2) is 57.3 Å². The van der Waals surface area contributed by atoms with Gasteiger partial charge in [-0.15, -0.1) is 0 Å². The average molecular weight is 715 g/mol. The van der Waals surface area contributed by atoms with Crippen LogP contribution in [0.4, 0.5) is 0 Å². The lowest BCUT2D eigenvalue weighted by atomic mass is 9.34. The molecule has 286 valence electrons. The summed E-state index contributed by atoms with van der Waals surface area (Å²) in [7, 11) is 0. The topological polar surface area (TPSA) is 112 Å². The molecule has 52 heavy (non-hydrogen) atoms. The van der Waals surface area contributed by atoms with Crippen LogP contribution in [-0.2, 0) is 14.3 Å². The number of nitrogens with two attached hydrogens (primary N) is 1. The molecule has 2 heterocycles. The summed E-state index contributed by atoms with van der Waals surface area (Å²) in [4.78, 5) is 18.4. The molecule has 1 saturated heterocycles. The maximum absolute atomic E-state index is 13.6. The number of nitrogens with zero attached hydrogens (tertiary/aromatic N) is 3.